The van der Waals surface area contributed by atoms with Crippen LogP contribution in [0.3, 0.4) is 0 Å². The van der Waals surface area contributed by atoms with Gasteiger partial charge < -0.3 is 14.5 Å². The molecule has 0 spiro atoms. The van der Waals surface area contributed by atoms with Gasteiger partial charge in [-0.15, -0.1) is 0 Å². The number of sulfone groups is 1. The Morgan fingerprint density at radius 1 is 1.16 bits per heavy atom. The molecule has 1 amide bonds. The highest BCUT2D eigenvalue weighted by atomic mass is 35.5. The molecule has 2 atom stereocenters. The number of nitrogens with zero attached hydrogens (tertiary/aromatic N) is 3. The maximum Gasteiger partial charge on any atom is 0.285 e. The van der Waals surface area contributed by atoms with Crippen molar-refractivity contribution in [3.05, 3.63) is 53.6 Å². The van der Waals surface area contributed by atoms with Crippen LogP contribution in [0.25, 0.3) is 0 Å². The van der Waals surface area contributed by atoms with E-state index in [1.807, 2.05) is 48.2 Å². The van der Waals surface area contributed by atoms with Gasteiger partial charge in [-0.1, -0.05) is 23.4 Å². The minimum absolute atomic E-state index is 0.0502. The van der Waals surface area contributed by atoms with E-state index in [4.69, 9.17) is 16.3 Å². The normalized spacial score (nSPS) is 23.1. The second-order valence-corrected chi connectivity index (χ2v) is 11.4. The zero-order chi connectivity index (χ0) is 22.2. The molecule has 0 aliphatic carbocycles. The first-order valence-corrected chi connectivity index (χ1v) is 12.7. The predicted octanol–water partition coefficient (Wildman–Crippen LogP) is 3.09. The molecule has 2 aliphatic rings. The molecule has 2 fully saturated rings. The SMILES string of the molecule is CN(C)c1ccc(N2C(=NC(=O)COc3ccc(Cl)cc3)S[C@@H]3CS(=O)(=O)C[C@@H]32)cc1. The van der Waals surface area contributed by atoms with Gasteiger partial charge in [0, 0.05) is 35.7 Å². The van der Waals surface area contributed by atoms with Crippen molar-refractivity contribution in [2.24, 2.45) is 4.99 Å². The quantitative estimate of drug-likeness (QED) is 0.652. The Kier molecular flexibility index (Phi) is 6.18. The number of ether oxygens (including phenoxy) is 1. The van der Waals surface area contributed by atoms with Gasteiger partial charge in [-0.25, -0.2) is 8.42 Å². The molecule has 0 aromatic heterocycles. The monoisotopic (exact) mass is 479 g/mol. The molecule has 2 saturated heterocycles. The molecule has 2 aliphatic heterocycles. The molecule has 0 N–H and O–H groups in total. The van der Waals surface area contributed by atoms with Crippen molar-refractivity contribution < 1.29 is 17.9 Å². The molecule has 2 aromatic rings. The van der Waals surface area contributed by atoms with Gasteiger partial charge in [0.2, 0.25) is 0 Å². The Bertz CT molecular complexity index is 1100. The summed E-state index contributed by atoms with van der Waals surface area (Å²) in [6.07, 6.45) is 0. The highest BCUT2D eigenvalue weighted by Gasteiger charge is 2.49. The van der Waals surface area contributed by atoms with Gasteiger partial charge in [-0.3, -0.25) is 4.79 Å². The van der Waals surface area contributed by atoms with Gasteiger partial charge in [-0.2, -0.15) is 4.99 Å². The average molecular weight is 480 g/mol. The smallest absolute Gasteiger partial charge is 0.285 e. The minimum atomic E-state index is -3.12. The van der Waals surface area contributed by atoms with Crippen LogP contribution in [0.4, 0.5) is 11.4 Å². The lowest BCUT2D eigenvalue weighted by Gasteiger charge is -2.25. The number of carbonyl (C=O) groups excluding carboxylic acids is 1. The summed E-state index contributed by atoms with van der Waals surface area (Å²) in [5.74, 6) is 0.226. The maximum absolute atomic E-state index is 12.5. The van der Waals surface area contributed by atoms with Gasteiger partial charge in [0.15, 0.2) is 21.6 Å². The highest BCUT2D eigenvalue weighted by Crippen LogP contribution is 2.41. The van der Waals surface area contributed by atoms with Crippen molar-refractivity contribution in [3.8, 4) is 5.75 Å². The summed E-state index contributed by atoms with van der Waals surface area (Å²) in [4.78, 5) is 20.6. The van der Waals surface area contributed by atoms with E-state index >= 15 is 0 Å². The molecule has 164 valence electrons. The number of hydrogen-bond donors (Lipinski definition) is 0. The lowest BCUT2D eigenvalue weighted by atomic mass is 10.2. The van der Waals surface area contributed by atoms with Gasteiger partial charge in [-0.05, 0) is 48.5 Å². The van der Waals surface area contributed by atoms with E-state index in [0.717, 1.165) is 11.4 Å². The molecule has 4 rings (SSSR count). The lowest BCUT2D eigenvalue weighted by Crippen LogP contribution is -2.37. The number of rotatable bonds is 5. The maximum atomic E-state index is 12.5. The molecule has 0 unspecified atom stereocenters. The number of halogens is 1. The van der Waals surface area contributed by atoms with Crippen molar-refractivity contribution in [1.82, 2.24) is 0 Å². The summed E-state index contributed by atoms with van der Waals surface area (Å²) >= 11 is 7.20. The van der Waals surface area contributed by atoms with E-state index in [9.17, 15) is 13.2 Å². The first kappa shape index (κ1) is 22.0. The molecule has 0 bridgehead atoms. The van der Waals surface area contributed by atoms with Gasteiger partial charge in [0.05, 0.1) is 17.5 Å². The fourth-order valence-electron chi connectivity index (χ4n) is 3.59. The fourth-order valence-corrected chi connectivity index (χ4v) is 7.65. The van der Waals surface area contributed by atoms with Crippen LogP contribution in [0.15, 0.2) is 53.5 Å². The number of benzene rings is 2. The van der Waals surface area contributed by atoms with Crippen LogP contribution in [0, 0.1) is 0 Å². The molecular weight excluding hydrogens is 458 g/mol. The summed E-state index contributed by atoms with van der Waals surface area (Å²) in [5.41, 5.74) is 1.84. The topological polar surface area (TPSA) is 79.3 Å². The van der Waals surface area contributed by atoms with E-state index in [1.165, 1.54) is 11.8 Å². The second-order valence-electron chi connectivity index (χ2n) is 7.61. The molecule has 7 nitrogen and oxygen atoms in total. The first-order chi connectivity index (χ1) is 14.7. The van der Waals surface area contributed by atoms with Crippen LogP contribution < -0.4 is 14.5 Å². The second kappa shape index (κ2) is 8.72. The van der Waals surface area contributed by atoms with Gasteiger partial charge >= 0.3 is 0 Å². The van der Waals surface area contributed by atoms with Gasteiger partial charge in [0.25, 0.3) is 5.91 Å². The summed E-state index contributed by atoms with van der Waals surface area (Å²) in [7, 11) is 0.786. The summed E-state index contributed by atoms with van der Waals surface area (Å²) < 4.78 is 29.9. The zero-order valence-corrected chi connectivity index (χ0v) is 19.5. The summed E-state index contributed by atoms with van der Waals surface area (Å²) in [6, 6.07) is 14.2. The standard InChI is InChI=1S/C21H22ClN3O4S2/c1-24(2)15-5-7-16(8-6-15)25-18-12-31(27,28)13-19(18)30-21(25)23-20(26)11-29-17-9-3-14(22)4-10-17/h3-10,18-19H,11-13H2,1-2H3/t18-,19+/m0/s1. The van der Waals surface area contributed by atoms with Crippen molar-refractivity contribution in [2.45, 2.75) is 11.3 Å². The number of thioether (sulfide) groups is 1. The van der Waals surface area contributed by atoms with Crippen molar-refractivity contribution in [3.63, 3.8) is 0 Å². The van der Waals surface area contributed by atoms with E-state index in [-0.39, 0.29) is 29.4 Å². The Hall–Kier alpha value is -2.23. The van der Waals surface area contributed by atoms with Crippen LogP contribution in [0.1, 0.15) is 0 Å². The summed E-state index contributed by atoms with van der Waals surface area (Å²) in [6.45, 7) is -0.216. The molecule has 31 heavy (non-hydrogen) atoms. The number of amides is 1. The minimum Gasteiger partial charge on any atom is -0.484 e. The van der Waals surface area contributed by atoms with Crippen LogP contribution in [-0.2, 0) is 14.6 Å². The third kappa shape index (κ3) is 4.99. The molecule has 2 aromatic carbocycles. The van der Waals surface area contributed by atoms with Crippen LogP contribution in [0.2, 0.25) is 5.02 Å². The summed E-state index contributed by atoms with van der Waals surface area (Å²) in [5, 5.41) is 0.938. The molecule has 0 saturated carbocycles. The van der Waals surface area contributed by atoms with E-state index in [2.05, 4.69) is 4.99 Å². The van der Waals surface area contributed by atoms with E-state index in [0.29, 0.717) is 15.9 Å². The number of hydrogen-bond acceptors (Lipinski definition) is 6. The Balaban J connectivity index is 1.55. The van der Waals surface area contributed by atoms with Crippen LogP contribution >= 0.6 is 23.4 Å². The number of fused-ring (bicyclic) bond motifs is 1. The third-order valence-electron chi connectivity index (χ3n) is 5.11. The van der Waals surface area contributed by atoms with Crippen molar-refractivity contribution in [1.29, 1.82) is 0 Å². The average Bonchev–Trinajstić information content (AvgIpc) is 3.18. The third-order valence-corrected chi connectivity index (χ3v) is 8.57. The van der Waals surface area contributed by atoms with E-state index < -0.39 is 15.7 Å². The molecular formula is C21H22ClN3O4S2. The zero-order valence-electron chi connectivity index (χ0n) is 17.1. The molecule has 0 radical (unpaired) electrons. The Labute approximate surface area is 191 Å². The number of amidine groups is 1. The first-order valence-electron chi connectivity index (χ1n) is 9.65. The predicted molar refractivity (Wildman–Crippen MR) is 126 cm³/mol. The number of carbonyl (C=O) groups is 1. The van der Waals surface area contributed by atoms with Crippen LogP contribution in [-0.4, -0.2) is 63.0 Å². The lowest BCUT2D eigenvalue weighted by molar-refractivity contribution is -0.119. The molecule has 10 heteroatoms. The Morgan fingerprint density at radius 2 is 1.84 bits per heavy atom. The van der Waals surface area contributed by atoms with Crippen molar-refractivity contribution >= 4 is 55.6 Å². The van der Waals surface area contributed by atoms with Gasteiger partial charge in [0.1, 0.15) is 5.75 Å². The highest BCUT2D eigenvalue weighted by molar-refractivity contribution is 8.16. The molecule has 2 heterocycles. The van der Waals surface area contributed by atoms with Crippen LogP contribution in [0.5, 0.6) is 5.75 Å². The van der Waals surface area contributed by atoms with Crippen molar-refractivity contribution in [2.75, 3.05) is 42.0 Å². The Morgan fingerprint density at radius 3 is 2.48 bits per heavy atom. The fraction of sp³-hybridized carbons (Fsp3) is 0.333. The number of aliphatic imine (C=N–C) groups is 1. The van der Waals surface area contributed by atoms with E-state index in [1.54, 1.807) is 24.3 Å². The largest absolute Gasteiger partial charge is 0.484 e. The number of anilines is 2.